The maximum Gasteiger partial charge on any atom is 0.303 e. The van der Waals surface area contributed by atoms with Crippen molar-refractivity contribution in [2.24, 2.45) is 0 Å². The van der Waals surface area contributed by atoms with Gasteiger partial charge in [0.05, 0.1) is 10.2 Å². The van der Waals surface area contributed by atoms with E-state index in [1.807, 2.05) is 18.4 Å². The summed E-state index contributed by atoms with van der Waals surface area (Å²) in [5.41, 5.74) is 1.09. The zero-order valence-electron chi connectivity index (χ0n) is 6.58. The molecule has 0 aliphatic heterocycles. The van der Waals surface area contributed by atoms with Crippen molar-refractivity contribution in [3.05, 3.63) is 20.8 Å². The first-order valence-electron chi connectivity index (χ1n) is 3.55. The predicted octanol–water partition coefficient (Wildman–Crippen LogP) is 3.09. The zero-order chi connectivity index (χ0) is 9.14. The molecule has 1 aromatic rings. The summed E-state index contributed by atoms with van der Waals surface area (Å²) in [4.78, 5) is 10.4. The van der Waals surface area contributed by atoms with Crippen molar-refractivity contribution >= 4 is 33.2 Å². The van der Waals surface area contributed by atoms with E-state index in [9.17, 15) is 4.79 Å². The van der Waals surface area contributed by atoms with Crippen molar-refractivity contribution in [1.29, 1.82) is 0 Å². The Morgan fingerprint density at radius 1 is 1.83 bits per heavy atom. The van der Waals surface area contributed by atoms with Gasteiger partial charge >= 0.3 is 5.97 Å². The number of hydrogen-bond acceptors (Lipinski definition) is 2. The van der Waals surface area contributed by atoms with Crippen molar-refractivity contribution in [2.75, 3.05) is 0 Å². The Labute approximate surface area is 83.4 Å². The number of carboxylic acids is 1. The molecule has 0 radical (unpaired) electrons. The van der Waals surface area contributed by atoms with Crippen molar-refractivity contribution < 1.29 is 9.90 Å². The van der Waals surface area contributed by atoms with Crippen LogP contribution >= 0.6 is 27.3 Å². The third-order valence-corrected chi connectivity index (χ3v) is 3.16. The second-order valence-electron chi connectivity index (χ2n) is 2.68. The third kappa shape index (κ3) is 2.60. The first-order chi connectivity index (χ1) is 5.59. The highest BCUT2D eigenvalue weighted by Crippen LogP contribution is 2.27. The molecule has 1 rings (SSSR count). The molecule has 1 heterocycles. The van der Waals surface area contributed by atoms with E-state index in [2.05, 4.69) is 15.9 Å². The molecule has 0 amide bonds. The number of aliphatic carboxylic acids is 1. The Hall–Kier alpha value is -0.350. The van der Waals surface area contributed by atoms with Crippen LogP contribution in [0.4, 0.5) is 0 Å². The average Bonchev–Trinajstić information content (AvgIpc) is 2.34. The monoisotopic (exact) mass is 248 g/mol. The molecule has 12 heavy (non-hydrogen) atoms. The van der Waals surface area contributed by atoms with E-state index in [1.165, 1.54) is 0 Å². The predicted molar refractivity (Wildman–Crippen MR) is 52.7 cm³/mol. The van der Waals surface area contributed by atoms with Gasteiger partial charge < -0.3 is 5.11 Å². The van der Waals surface area contributed by atoms with Gasteiger partial charge in [0.15, 0.2) is 0 Å². The Kier molecular flexibility index (Phi) is 3.29. The summed E-state index contributed by atoms with van der Waals surface area (Å²) in [5.74, 6) is -0.644. The average molecular weight is 249 g/mol. The summed E-state index contributed by atoms with van der Waals surface area (Å²) in [7, 11) is 0. The van der Waals surface area contributed by atoms with Gasteiger partial charge in [-0.3, -0.25) is 4.79 Å². The molecule has 0 saturated heterocycles. The van der Waals surface area contributed by atoms with Gasteiger partial charge in [-0.15, -0.1) is 11.3 Å². The van der Waals surface area contributed by atoms with Gasteiger partial charge in [0.2, 0.25) is 0 Å². The largest absolute Gasteiger partial charge is 0.481 e. The van der Waals surface area contributed by atoms with Crippen molar-refractivity contribution in [1.82, 2.24) is 0 Å². The summed E-state index contributed by atoms with van der Waals surface area (Å²) >= 11 is 4.92. The summed E-state index contributed by atoms with van der Waals surface area (Å²) in [6, 6.07) is 1.97. The van der Waals surface area contributed by atoms with E-state index in [0.717, 1.165) is 9.35 Å². The molecular formula is C8H9BrO2S. The van der Waals surface area contributed by atoms with Crippen LogP contribution in [0.2, 0.25) is 0 Å². The van der Waals surface area contributed by atoms with Crippen molar-refractivity contribution in [3.63, 3.8) is 0 Å². The maximum absolute atomic E-state index is 10.4. The molecule has 1 N–H and O–H groups in total. The lowest BCUT2D eigenvalue weighted by Gasteiger charge is -2.04. The van der Waals surface area contributed by atoms with E-state index in [4.69, 9.17) is 5.11 Å². The normalized spacial score (nSPS) is 12.8. The van der Waals surface area contributed by atoms with Gasteiger partial charge in [0, 0.05) is 0 Å². The first kappa shape index (κ1) is 9.74. The van der Waals surface area contributed by atoms with Gasteiger partial charge in [-0.1, -0.05) is 6.92 Å². The molecule has 1 atom stereocenters. The quantitative estimate of drug-likeness (QED) is 0.893. The molecule has 0 saturated carbocycles. The zero-order valence-corrected chi connectivity index (χ0v) is 8.98. The van der Waals surface area contributed by atoms with Crippen molar-refractivity contribution in [2.45, 2.75) is 19.3 Å². The number of hydrogen-bond donors (Lipinski definition) is 1. The fourth-order valence-corrected chi connectivity index (χ4v) is 2.26. The maximum atomic E-state index is 10.4. The van der Waals surface area contributed by atoms with Gasteiger partial charge in [0.25, 0.3) is 0 Å². The fraction of sp³-hybridized carbons (Fsp3) is 0.375. The van der Waals surface area contributed by atoms with E-state index in [-0.39, 0.29) is 12.3 Å². The van der Waals surface area contributed by atoms with Gasteiger partial charge in [-0.2, -0.15) is 0 Å². The van der Waals surface area contributed by atoms with Crippen LogP contribution in [-0.2, 0) is 4.79 Å². The molecule has 4 heteroatoms. The van der Waals surface area contributed by atoms with Crippen LogP contribution in [0.1, 0.15) is 24.8 Å². The topological polar surface area (TPSA) is 37.3 Å². The summed E-state index contributed by atoms with van der Waals surface area (Å²) in [5, 5.41) is 10.5. The Morgan fingerprint density at radius 3 is 2.92 bits per heavy atom. The van der Waals surface area contributed by atoms with Crippen LogP contribution < -0.4 is 0 Å². The molecule has 0 aromatic carbocycles. The molecule has 2 nitrogen and oxygen atoms in total. The second kappa shape index (κ2) is 4.05. The summed E-state index contributed by atoms with van der Waals surface area (Å²) in [6.07, 6.45) is 0.198. The van der Waals surface area contributed by atoms with E-state index >= 15 is 0 Å². The minimum Gasteiger partial charge on any atom is -0.481 e. The number of halogens is 1. The van der Waals surface area contributed by atoms with Crippen LogP contribution in [0.3, 0.4) is 0 Å². The number of rotatable bonds is 3. The lowest BCUT2D eigenvalue weighted by Crippen LogP contribution is -2.01. The summed E-state index contributed by atoms with van der Waals surface area (Å²) < 4.78 is 1.05. The van der Waals surface area contributed by atoms with E-state index < -0.39 is 5.97 Å². The smallest absolute Gasteiger partial charge is 0.303 e. The summed E-state index contributed by atoms with van der Waals surface area (Å²) in [6.45, 7) is 1.92. The molecule has 1 aromatic heterocycles. The van der Waals surface area contributed by atoms with Crippen LogP contribution in [0.15, 0.2) is 15.2 Å². The van der Waals surface area contributed by atoms with E-state index in [1.54, 1.807) is 11.3 Å². The second-order valence-corrected chi connectivity index (χ2v) is 4.97. The molecule has 1 unspecified atom stereocenters. The van der Waals surface area contributed by atoms with Crippen LogP contribution in [0.5, 0.6) is 0 Å². The van der Waals surface area contributed by atoms with Crippen LogP contribution in [-0.4, -0.2) is 11.1 Å². The van der Waals surface area contributed by atoms with Crippen LogP contribution in [0.25, 0.3) is 0 Å². The number of carboxylic acid groups (broad SMARTS) is 1. The van der Waals surface area contributed by atoms with Gasteiger partial charge in [-0.05, 0) is 38.9 Å². The van der Waals surface area contributed by atoms with Crippen LogP contribution in [0, 0.1) is 0 Å². The van der Waals surface area contributed by atoms with E-state index in [0.29, 0.717) is 0 Å². The highest BCUT2D eigenvalue weighted by Gasteiger charge is 2.10. The minimum absolute atomic E-state index is 0.102. The highest BCUT2D eigenvalue weighted by molar-refractivity contribution is 9.11. The molecule has 0 fully saturated rings. The van der Waals surface area contributed by atoms with Gasteiger partial charge in [-0.25, -0.2) is 0 Å². The molecule has 66 valence electrons. The van der Waals surface area contributed by atoms with Crippen molar-refractivity contribution in [3.8, 4) is 0 Å². The number of thiophene rings is 1. The molecule has 0 bridgehead atoms. The SMILES string of the molecule is CC(CC(=O)O)c1csc(Br)c1. The standard InChI is InChI=1S/C8H9BrO2S/c1-5(2-8(10)11)6-3-7(9)12-4-6/h3-5H,2H2,1H3,(H,10,11). The molecule has 0 spiro atoms. The Morgan fingerprint density at radius 2 is 2.50 bits per heavy atom. The Bertz CT molecular complexity index is 282. The molecule has 0 aliphatic carbocycles. The minimum atomic E-state index is -0.746. The molecule has 0 aliphatic rings. The molecular weight excluding hydrogens is 240 g/mol. The fourth-order valence-electron chi connectivity index (χ4n) is 0.962. The first-order valence-corrected chi connectivity index (χ1v) is 5.22. The lowest BCUT2D eigenvalue weighted by molar-refractivity contribution is -0.137. The lowest BCUT2D eigenvalue weighted by atomic mass is 10.0. The van der Waals surface area contributed by atoms with Gasteiger partial charge in [0.1, 0.15) is 0 Å². The highest BCUT2D eigenvalue weighted by atomic mass is 79.9. The number of carbonyl (C=O) groups is 1. The third-order valence-electron chi connectivity index (χ3n) is 1.64. The Balaban J connectivity index is 2.64.